The Bertz CT molecular complexity index is 2100. The molecule has 0 fully saturated rings. The zero-order valence-corrected chi connectivity index (χ0v) is 33.4. The summed E-state index contributed by atoms with van der Waals surface area (Å²) in [7, 11) is 0. The molecule has 0 N–H and O–H groups in total. The van der Waals surface area contributed by atoms with Crippen molar-refractivity contribution in [1.82, 2.24) is 0 Å². The number of hydrogen-bond donors (Lipinski definition) is 0. The van der Waals surface area contributed by atoms with Crippen molar-refractivity contribution in [2.75, 3.05) is 0 Å². The standard InChI is InChI=1S/2C21H17.2CH3.2ClH.Si.Zr/c2*1-14-10-11-19-17(12-14)13-15(2)21(19)20-9-5-7-16-6-3-4-8-18(16)20;;;;;;/h2*3-13H,1-2H3;2*1H3;2*1H;;/q4*-1;;;;+2/p-2. The fourth-order valence-electron chi connectivity index (χ4n) is 6.70. The summed E-state index contributed by atoms with van der Waals surface area (Å²) in [4.78, 5) is 0. The van der Waals surface area contributed by atoms with E-state index in [1.165, 1.54) is 111 Å². The van der Waals surface area contributed by atoms with Crippen LogP contribution < -0.4 is 24.8 Å². The van der Waals surface area contributed by atoms with Crippen molar-refractivity contribution in [1.29, 1.82) is 0 Å². The molecule has 2 radical (unpaired) electrons. The van der Waals surface area contributed by atoms with Gasteiger partial charge in [-0.05, 0) is 35.4 Å². The van der Waals surface area contributed by atoms with Crippen LogP contribution in [0.5, 0.6) is 0 Å². The van der Waals surface area contributed by atoms with Crippen LogP contribution in [0.25, 0.3) is 65.3 Å². The molecule has 0 aromatic heterocycles. The Morgan fingerprint density at radius 2 is 0.792 bits per heavy atom. The normalized spacial score (nSPS) is 10.0. The van der Waals surface area contributed by atoms with Gasteiger partial charge in [0.25, 0.3) is 0 Å². The zero-order chi connectivity index (χ0) is 30.8. The molecule has 0 saturated heterocycles. The monoisotopic (exact) mass is 756 g/mol. The molecule has 0 spiro atoms. The second kappa shape index (κ2) is 17.9. The van der Waals surface area contributed by atoms with Gasteiger partial charge in [-0.2, -0.15) is 0 Å². The van der Waals surface area contributed by atoms with Gasteiger partial charge in [0.15, 0.2) is 0 Å². The number of benzene rings is 6. The molecule has 8 rings (SSSR count). The molecule has 0 unspecified atom stereocenters. The molecule has 0 aliphatic rings. The summed E-state index contributed by atoms with van der Waals surface area (Å²) in [5, 5.41) is 10.7. The molecule has 48 heavy (non-hydrogen) atoms. The van der Waals surface area contributed by atoms with Crippen LogP contribution in [0.15, 0.2) is 133 Å². The van der Waals surface area contributed by atoms with Gasteiger partial charge in [0.05, 0.1) is 0 Å². The van der Waals surface area contributed by atoms with Crippen LogP contribution in [0, 0.1) is 42.5 Å². The third-order valence-corrected chi connectivity index (χ3v) is 8.60. The van der Waals surface area contributed by atoms with Gasteiger partial charge in [-0.25, -0.2) is 0 Å². The van der Waals surface area contributed by atoms with Crippen LogP contribution >= 0.6 is 0 Å². The van der Waals surface area contributed by atoms with E-state index >= 15 is 0 Å². The Balaban J connectivity index is 0.000000294. The minimum atomic E-state index is 0. The molecule has 0 aliphatic heterocycles. The van der Waals surface area contributed by atoms with Gasteiger partial charge in [0.2, 0.25) is 0 Å². The molecule has 0 saturated carbocycles. The van der Waals surface area contributed by atoms with Crippen molar-refractivity contribution in [3.63, 3.8) is 0 Å². The van der Waals surface area contributed by atoms with Gasteiger partial charge in [0.1, 0.15) is 0 Å². The fraction of sp³-hybridized carbons (Fsp3) is 0.0909. The van der Waals surface area contributed by atoms with Crippen molar-refractivity contribution in [3.8, 4) is 22.3 Å². The molecule has 8 aromatic carbocycles. The predicted octanol–water partition coefficient (Wildman–Crippen LogP) is 6.52. The summed E-state index contributed by atoms with van der Waals surface area (Å²) in [6, 6.07) is 48.5. The Kier molecular flexibility index (Phi) is 15.3. The number of fused-ring (bicyclic) bond motifs is 4. The summed E-state index contributed by atoms with van der Waals surface area (Å²) < 4.78 is 0. The molecule has 0 atom stereocenters. The average molecular weight is 759 g/mol. The second-order valence-electron chi connectivity index (χ2n) is 11.6. The van der Waals surface area contributed by atoms with E-state index in [4.69, 9.17) is 0 Å². The first kappa shape index (κ1) is 40.9. The summed E-state index contributed by atoms with van der Waals surface area (Å²) in [5.74, 6) is 0. The third-order valence-electron chi connectivity index (χ3n) is 8.60. The molecule has 4 heteroatoms. The maximum atomic E-state index is 3.06. The Hall–Kier alpha value is -3.26. The molecule has 0 nitrogen and oxygen atoms in total. The van der Waals surface area contributed by atoms with Crippen LogP contribution in [0.1, 0.15) is 22.3 Å². The van der Waals surface area contributed by atoms with Crippen LogP contribution in [-0.4, -0.2) is 6.88 Å². The summed E-state index contributed by atoms with van der Waals surface area (Å²) in [5.41, 5.74) is 10.8. The number of rotatable bonds is 2. The van der Waals surface area contributed by atoms with Crippen LogP contribution in [-0.2, 0) is 23.3 Å². The molecule has 8 aromatic rings. The van der Waals surface area contributed by atoms with E-state index in [2.05, 4.69) is 168 Å². The Morgan fingerprint density at radius 3 is 1.19 bits per heavy atom. The first-order chi connectivity index (χ1) is 21.5. The molecule has 0 aliphatic carbocycles. The maximum absolute atomic E-state index is 3.06. The van der Waals surface area contributed by atoms with Gasteiger partial charge in [-0.3, -0.25) is 0 Å². The Morgan fingerprint density at radius 1 is 0.438 bits per heavy atom. The molecule has 0 heterocycles. The Labute approximate surface area is 316 Å². The summed E-state index contributed by atoms with van der Waals surface area (Å²) >= 11 is 1.36. The van der Waals surface area contributed by atoms with Crippen LogP contribution in [0.4, 0.5) is 0 Å². The summed E-state index contributed by atoms with van der Waals surface area (Å²) in [6.07, 6.45) is 0. The van der Waals surface area contributed by atoms with Crippen molar-refractivity contribution in [2.45, 2.75) is 27.7 Å². The van der Waals surface area contributed by atoms with Crippen molar-refractivity contribution in [3.05, 3.63) is 171 Å². The molecular weight excluding hydrogens is 719 g/mol. The predicted molar refractivity (Wildman–Crippen MR) is 202 cm³/mol. The van der Waals surface area contributed by atoms with E-state index in [-0.39, 0.29) is 39.7 Å². The van der Waals surface area contributed by atoms with Gasteiger partial charge in [0, 0.05) is 0 Å². The molecule has 0 amide bonds. The average Bonchev–Trinajstić information content (AvgIpc) is 3.55. The van der Waals surface area contributed by atoms with Crippen molar-refractivity contribution < 1.29 is 48.1 Å². The van der Waals surface area contributed by atoms with E-state index in [1.807, 2.05) is 0 Å². The molecular formula is C44H40Cl2SiZr-4. The van der Waals surface area contributed by atoms with Crippen molar-refractivity contribution >= 4 is 50.0 Å². The third kappa shape index (κ3) is 7.96. The van der Waals surface area contributed by atoms with Gasteiger partial charge < -0.3 is 39.7 Å². The van der Waals surface area contributed by atoms with E-state index in [0.717, 1.165) is 0 Å². The van der Waals surface area contributed by atoms with Gasteiger partial charge in [-0.15, -0.1) is 80.2 Å². The first-order valence-electron chi connectivity index (χ1n) is 15.0. The number of hydrogen-bond acceptors (Lipinski definition) is 0. The minimum absolute atomic E-state index is 0. The van der Waals surface area contributed by atoms with Crippen LogP contribution in [0.3, 0.4) is 0 Å². The quantitative estimate of drug-likeness (QED) is 0.139. The zero-order valence-electron chi connectivity index (χ0n) is 28.5. The summed E-state index contributed by atoms with van der Waals surface area (Å²) in [6.45, 7) is 11.8. The fourth-order valence-corrected chi connectivity index (χ4v) is 6.70. The van der Waals surface area contributed by atoms with Gasteiger partial charge >= 0.3 is 30.2 Å². The van der Waals surface area contributed by atoms with E-state index in [9.17, 15) is 0 Å². The van der Waals surface area contributed by atoms with Crippen molar-refractivity contribution in [2.24, 2.45) is 0 Å². The molecule has 0 bridgehead atoms. The SMILES string of the molecule is Cc1ccc2c(-c3cccc4ccccc34)c(C)[cH-]c2c1.Cc1ccc2c(-c3cccc4ccccc34)c(C)[cH-]c2c1.[CH3-].[CH3-].[Cl-].[Cl-].[Si]=[Zr+2]. The van der Waals surface area contributed by atoms with E-state index in [0.29, 0.717) is 0 Å². The number of halogens is 2. The van der Waals surface area contributed by atoms with Crippen LogP contribution in [0.2, 0.25) is 0 Å². The molecule has 242 valence electrons. The van der Waals surface area contributed by atoms with Gasteiger partial charge in [-0.1, -0.05) is 133 Å². The van der Waals surface area contributed by atoms with E-state index < -0.39 is 0 Å². The van der Waals surface area contributed by atoms with E-state index in [1.54, 1.807) is 0 Å². The first-order valence-corrected chi connectivity index (χ1v) is 19.2. The topological polar surface area (TPSA) is 0 Å². The second-order valence-corrected chi connectivity index (χ2v) is 11.6. The number of aryl methyl sites for hydroxylation is 4.